The molecule has 3 aliphatic rings. The summed E-state index contributed by atoms with van der Waals surface area (Å²) in [5, 5.41) is 33.2. The fraction of sp³-hybridized carbons (Fsp3) is 0.500. The predicted molar refractivity (Wildman–Crippen MR) is 154 cm³/mol. The maximum absolute atomic E-state index is 13.8. The van der Waals surface area contributed by atoms with Crippen LogP contribution in [0.15, 0.2) is 36.5 Å². The van der Waals surface area contributed by atoms with Gasteiger partial charge in [0.2, 0.25) is 17.3 Å². The number of hydrogen-bond acceptors (Lipinski definition) is 6. The van der Waals surface area contributed by atoms with Crippen molar-refractivity contribution in [2.45, 2.75) is 64.5 Å². The normalized spacial score (nSPS) is 24.1. The number of carbonyl (C=O) groups excluding carboxylic acids is 2. The number of aromatic nitrogens is 3. The third-order valence-corrected chi connectivity index (χ3v) is 9.31. The quantitative estimate of drug-likeness (QED) is 0.314. The fourth-order valence-corrected chi connectivity index (χ4v) is 6.95. The van der Waals surface area contributed by atoms with Crippen LogP contribution in [-0.4, -0.2) is 79.1 Å². The van der Waals surface area contributed by atoms with E-state index in [2.05, 4.69) is 20.8 Å². The summed E-state index contributed by atoms with van der Waals surface area (Å²) in [6, 6.07) is 8.91. The molecule has 1 unspecified atom stereocenters. The molecule has 2 aliphatic heterocycles. The van der Waals surface area contributed by atoms with Gasteiger partial charge in [-0.1, -0.05) is 54.7 Å². The number of aliphatic carboxylic acids is 1. The van der Waals surface area contributed by atoms with Crippen molar-refractivity contribution in [2.75, 3.05) is 19.6 Å². The fourth-order valence-electron chi connectivity index (χ4n) is 6.95. The van der Waals surface area contributed by atoms with E-state index in [0.717, 1.165) is 16.8 Å². The van der Waals surface area contributed by atoms with E-state index in [9.17, 15) is 29.5 Å². The molecule has 11 nitrogen and oxygen atoms in total. The van der Waals surface area contributed by atoms with Crippen molar-refractivity contribution in [1.82, 2.24) is 19.4 Å². The highest BCUT2D eigenvalue weighted by Gasteiger charge is 2.57. The molecule has 220 valence electrons. The maximum Gasteiger partial charge on any atom is 0.488 e. The highest BCUT2D eigenvalue weighted by Crippen LogP contribution is 2.37. The topological polar surface area (TPSA) is 140 Å². The zero-order valence-electron chi connectivity index (χ0n) is 24.4. The largest absolute Gasteiger partial charge is 0.488 e. The maximum atomic E-state index is 13.8. The minimum atomic E-state index is -1.56. The lowest BCUT2D eigenvalue weighted by Gasteiger charge is -2.44. The Balaban J connectivity index is 1.39. The smallest absolute Gasteiger partial charge is 0.481 e. The highest BCUT2D eigenvalue weighted by molar-refractivity contribution is 6.58. The van der Waals surface area contributed by atoms with Crippen molar-refractivity contribution in [2.24, 2.45) is 11.8 Å². The van der Waals surface area contributed by atoms with Gasteiger partial charge in [-0.2, -0.15) is 4.57 Å². The van der Waals surface area contributed by atoms with E-state index in [1.165, 1.54) is 0 Å². The zero-order valence-corrected chi connectivity index (χ0v) is 24.4. The lowest BCUT2D eigenvalue weighted by molar-refractivity contribution is -0.749. The van der Waals surface area contributed by atoms with E-state index in [-0.39, 0.29) is 29.1 Å². The number of benzene rings is 1. The van der Waals surface area contributed by atoms with Crippen LogP contribution in [0, 0.1) is 11.8 Å². The van der Waals surface area contributed by atoms with Gasteiger partial charge in [0.15, 0.2) is 6.20 Å². The molecule has 4 heterocycles. The summed E-state index contributed by atoms with van der Waals surface area (Å²) in [7, 11) is -1.56. The SMILES string of the molecule is CC(C)(C)c1cc(-c2ccc(B(O)O)cc2)nn2cc3[n+](c12)C1(C)CN(C(=O)C2CCC(C(=O)O)CC2)CCN1C3=O. The molecule has 6 rings (SSSR count). The number of carboxylic acid groups (broad SMARTS) is 1. The van der Waals surface area contributed by atoms with Crippen LogP contribution in [0.25, 0.3) is 16.9 Å². The van der Waals surface area contributed by atoms with Crippen molar-refractivity contribution in [1.29, 1.82) is 0 Å². The Morgan fingerprint density at radius 1 is 1.05 bits per heavy atom. The van der Waals surface area contributed by atoms with Gasteiger partial charge >= 0.3 is 24.6 Å². The molecule has 2 fully saturated rings. The van der Waals surface area contributed by atoms with Crippen LogP contribution in [0.2, 0.25) is 0 Å². The summed E-state index contributed by atoms with van der Waals surface area (Å²) in [5.74, 6) is -1.43. The summed E-state index contributed by atoms with van der Waals surface area (Å²) in [4.78, 5) is 42.5. The summed E-state index contributed by atoms with van der Waals surface area (Å²) in [5.41, 5.74) is 3.03. The van der Waals surface area contributed by atoms with Crippen LogP contribution in [0.3, 0.4) is 0 Å². The molecule has 2 aromatic heterocycles. The average molecular weight is 574 g/mol. The first kappa shape index (κ1) is 28.4. The second kappa shape index (κ2) is 9.91. The molecule has 1 saturated heterocycles. The number of fused-ring (bicyclic) bond motifs is 5. The van der Waals surface area contributed by atoms with Gasteiger partial charge in [-0.3, -0.25) is 19.3 Å². The standard InChI is InChI=1S/C30H36BN5O6/c1-29(2,3)22-15-23(18-9-11-21(12-10-18)31(41)42)32-35-16-24-27(38)34-14-13-33(17-30(34,4)36(24)25(22)35)26(37)19-5-7-20(8-6-19)28(39)40/h9-12,15-16,19-20,41-42H,5-8,13-14,17H2,1-4H3/p+1. The van der Waals surface area contributed by atoms with Crippen LogP contribution < -0.4 is 10.0 Å². The molecule has 0 radical (unpaired) electrons. The van der Waals surface area contributed by atoms with E-state index >= 15 is 0 Å². The molecular formula is C30H37BN5O6+. The van der Waals surface area contributed by atoms with Crippen molar-refractivity contribution >= 4 is 36.0 Å². The Kier molecular flexibility index (Phi) is 6.69. The van der Waals surface area contributed by atoms with Gasteiger partial charge in [0.25, 0.3) is 0 Å². The minimum absolute atomic E-state index is 0.0395. The van der Waals surface area contributed by atoms with Crippen LogP contribution in [0.1, 0.15) is 69.4 Å². The molecule has 0 spiro atoms. The number of imidazole rings is 1. The first-order valence-electron chi connectivity index (χ1n) is 14.6. The van der Waals surface area contributed by atoms with Crippen molar-refractivity contribution in [3.05, 3.63) is 47.8 Å². The van der Waals surface area contributed by atoms with Crippen LogP contribution in [0.5, 0.6) is 0 Å². The van der Waals surface area contributed by atoms with E-state index in [1.807, 2.05) is 27.4 Å². The van der Waals surface area contributed by atoms with E-state index in [4.69, 9.17) is 5.10 Å². The van der Waals surface area contributed by atoms with E-state index < -0.39 is 18.8 Å². The number of hydrogen-bond donors (Lipinski definition) is 3. The number of carboxylic acids is 1. The Bertz CT molecular complexity index is 1590. The molecule has 1 aromatic carbocycles. The predicted octanol–water partition coefficient (Wildman–Crippen LogP) is 1.13. The van der Waals surface area contributed by atoms with Gasteiger partial charge in [-0.05, 0) is 42.6 Å². The molecule has 1 saturated carbocycles. The molecule has 0 bridgehead atoms. The second-order valence-corrected chi connectivity index (χ2v) is 13.1. The monoisotopic (exact) mass is 574 g/mol. The first-order valence-corrected chi connectivity index (χ1v) is 14.6. The van der Waals surface area contributed by atoms with Crippen molar-refractivity contribution < 1.29 is 34.1 Å². The van der Waals surface area contributed by atoms with Gasteiger partial charge in [-0.15, -0.1) is 0 Å². The third kappa shape index (κ3) is 4.48. The number of nitrogens with zero attached hydrogens (tertiary/aromatic N) is 5. The summed E-state index contributed by atoms with van der Waals surface area (Å²) in [6.45, 7) is 9.53. The Morgan fingerprint density at radius 2 is 1.69 bits per heavy atom. The van der Waals surface area contributed by atoms with Gasteiger partial charge in [0, 0.05) is 31.5 Å². The molecule has 1 atom stereocenters. The number of carbonyl (C=O) groups is 3. The first-order chi connectivity index (χ1) is 19.8. The third-order valence-electron chi connectivity index (χ3n) is 9.31. The minimum Gasteiger partial charge on any atom is -0.481 e. The Hall–Kier alpha value is -3.77. The molecular weight excluding hydrogens is 537 g/mol. The zero-order chi connectivity index (χ0) is 30.1. The average Bonchev–Trinajstić information content (AvgIpc) is 3.44. The lowest BCUT2D eigenvalue weighted by atomic mass is 9.80. The van der Waals surface area contributed by atoms with Gasteiger partial charge in [-0.25, -0.2) is 0 Å². The second-order valence-electron chi connectivity index (χ2n) is 13.1. The number of amides is 2. The van der Waals surface area contributed by atoms with Gasteiger partial charge in [0.05, 0.1) is 18.0 Å². The van der Waals surface area contributed by atoms with Gasteiger partial charge in [0.1, 0.15) is 5.69 Å². The Morgan fingerprint density at radius 3 is 2.29 bits per heavy atom. The van der Waals surface area contributed by atoms with Crippen LogP contribution in [-0.2, 0) is 20.7 Å². The molecule has 2 amide bonds. The van der Waals surface area contributed by atoms with Crippen molar-refractivity contribution in [3.63, 3.8) is 0 Å². The number of rotatable bonds is 4. The molecule has 3 aromatic rings. The summed E-state index contributed by atoms with van der Waals surface area (Å²) in [6.07, 6.45) is 3.93. The lowest BCUT2D eigenvalue weighted by Crippen LogP contribution is -2.69. The van der Waals surface area contributed by atoms with Gasteiger partial charge < -0.3 is 20.1 Å². The molecule has 1 aliphatic carbocycles. The van der Waals surface area contributed by atoms with Crippen LogP contribution >= 0.6 is 0 Å². The molecule has 12 heteroatoms. The molecule has 42 heavy (non-hydrogen) atoms. The molecule has 3 N–H and O–H groups in total. The summed E-state index contributed by atoms with van der Waals surface area (Å²) >= 11 is 0. The number of piperazine rings is 1. The van der Waals surface area contributed by atoms with Crippen LogP contribution in [0.4, 0.5) is 0 Å². The summed E-state index contributed by atoms with van der Waals surface area (Å²) < 4.78 is 3.80. The van der Waals surface area contributed by atoms with E-state index in [0.29, 0.717) is 62.2 Å². The Labute approximate surface area is 244 Å². The highest BCUT2D eigenvalue weighted by atomic mass is 16.4. The van der Waals surface area contributed by atoms with Crippen molar-refractivity contribution in [3.8, 4) is 11.3 Å². The van der Waals surface area contributed by atoms with E-state index in [1.54, 1.807) is 35.0 Å².